The van der Waals surface area contributed by atoms with Crippen LogP contribution in [0.5, 0.6) is 5.75 Å². The van der Waals surface area contributed by atoms with Crippen LogP contribution in [0.4, 0.5) is 0 Å². The van der Waals surface area contributed by atoms with E-state index in [0.717, 1.165) is 11.3 Å². The minimum absolute atomic E-state index is 0.00681. The van der Waals surface area contributed by atoms with Crippen LogP contribution in [0.1, 0.15) is 22.8 Å². The van der Waals surface area contributed by atoms with Crippen LogP contribution in [0.3, 0.4) is 0 Å². The fourth-order valence-electron chi connectivity index (χ4n) is 1.10. The number of aromatic carboxylic acids is 1. The third-order valence-electron chi connectivity index (χ3n) is 1.79. The maximum absolute atomic E-state index is 10.8. The summed E-state index contributed by atoms with van der Waals surface area (Å²) in [5.41, 5.74) is 0.938. The topological polar surface area (TPSA) is 57.5 Å². The fraction of sp³-hybridized carbons (Fsp3) is 0.300. The molecule has 0 aliphatic rings. The van der Waals surface area contributed by atoms with Gasteiger partial charge in [-0.25, -0.2) is 4.79 Å². The molecule has 0 aliphatic heterocycles. The van der Waals surface area contributed by atoms with Crippen LogP contribution in [-0.2, 0) is 5.75 Å². The van der Waals surface area contributed by atoms with Gasteiger partial charge in [0.05, 0.1) is 5.56 Å². The zero-order valence-electron chi connectivity index (χ0n) is 7.86. The van der Waals surface area contributed by atoms with Gasteiger partial charge in [0, 0.05) is 5.75 Å². The summed E-state index contributed by atoms with van der Waals surface area (Å²) in [6, 6.07) is 4.45. The van der Waals surface area contributed by atoms with Crippen LogP contribution < -0.4 is 0 Å². The molecule has 0 spiro atoms. The van der Waals surface area contributed by atoms with Crippen molar-refractivity contribution in [3.8, 4) is 5.75 Å². The monoisotopic (exact) mass is 212 g/mol. The number of carbonyl (C=O) groups is 1. The Morgan fingerprint density at radius 2 is 2.21 bits per heavy atom. The van der Waals surface area contributed by atoms with Gasteiger partial charge in [0.15, 0.2) is 0 Å². The normalized spacial score (nSPS) is 10.1. The number of carboxylic acid groups (broad SMARTS) is 1. The summed E-state index contributed by atoms with van der Waals surface area (Å²) in [6.07, 6.45) is 0. The third kappa shape index (κ3) is 2.67. The van der Waals surface area contributed by atoms with Crippen molar-refractivity contribution in [2.45, 2.75) is 12.7 Å². The van der Waals surface area contributed by atoms with Crippen LogP contribution in [0, 0.1) is 0 Å². The van der Waals surface area contributed by atoms with Gasteiger partial charge in [-0.2, -0.15) is 11.8 Å². The average molecular weight is 212 g/mol. The quantitative estimate of drug-likeness (QED) is 0.804. The molecule has 2 N–H and O–H groups in total. The number of thioether (sulfide) groups is 1. The zero-order chi connectivity index (χ0) is 10.6. The Labute approximate surface area is 86.8 Å². The van der Waals surface area contributed by atoms with Crippen molar-refractivity contribution in [3.05, 3.63) is 29.3 Å². The first kappa shape index (κ1) is 10.9. The van der Waals surface area contributed by atoms with Gasteiger partial charge in [0.1, 0.15) is 5.75 Å². The molecule has 0 aliphatic carbocycles. The first-order valence-corrected chi connectivity index (χ1v) is 5.43. The van der Waals surface area contributed by atoms with E-state index in [0.29, 0.717) is 5.75 Å². The van der Waals surface area contributed by atoms with Gasteiger partial charge in [-0.3, -0.25) is 0 Å². The molecular formula is C10H12O3S. The van der Waals surface area contributed by atoms with Crippen molar-refractivity contribution < 1.29 is 15.0 Å². The number of phenols is 1. The Bertz CT molecular complexity index is 336. The molecular weight excluding hydrogens is 200 g/mol. The Morgan fingerprint density at radius 1 is 1.50 bits per heavy atom. The largest absolute Gasteiger partial charge is 0.508 e. The molecule has 0 radical (unpaired) electrons. The molecule has 0 aromatic heterocycles. The molecule has 1 rings (SSSR count). The Morgan fingerprint density at radius 3 is 2.79 bits per heavy atom. The molecule has 0 fully saturated rings. The number of hydrogen-bond donors (Lipinski definition) is 2. The van der Waals surface area contributed by atoms with Crippen molar-refractivity contribution in [1.82, 2.24) is 0 Å². The summed E-state index contributed by atoms with van der Waals surface area (Å²) in [7, 11) is 0. The van der Waals surface area contributed by atoms with Gasteiger partial charge >= 0.3 is 5.97 Å². The highest BCUT2D eigenvalue weighted by Gasteiger charge is 2.10. The number of aromatic hydroxyl groups is 1. The van der Waals surface area contributed by atoms with E-state index in [1.165, 1.54) is 12.1 Å². The van der Waals surface area contributed by atoms with E-state index in [9.17, 15) is 4.79 Å². The molecule has 76 valence electrons. The number of benzene rings is 1. The summed E-state index contributed by atoms with van der Waals surface area (Å²) in [6.45, 7) is 2.02. The molecule has 0 saturated heterocycles. The van der Waals surface area contributed by atoms with E-state index < -0.39 is 5.97 Å². The molecule has 1 aromatic rings. The highest BCUT2D eigenvalue weighted by atomic mass is 32.2. The average Bonchev–Trinajstić information content (AvgIpc) is 2.15. The van der Waals surface area contributed by atoms with Gasteiger partial charge in [0.2, 0.25) is 0 Å². The summed E-state index contributed by atoms with van der Waals surface area (Å²) in [4.78, 5) is 10.8. The first-order chi connectivity index (χ1) is 6.65. The molecule has 1 aromatic carbocycles. The minimum Gasteiger partial charge on any atom is -0.508 e. The van der Waals surface area contributed by atoms with Crippen molar-refractivity contribution in [2.75, 3.05) is 5.75 Å². The van der Waals surface area contributed by atoms with Crippen LogP contribution in [0.15, 0.2) is 18.2 Å². The maximum Gasteiger partial charge on any atom is 0.336 e. The van der Waals surface area contributed by atoms with E-state index in [-0.39, 0.29) is 11.3 Å². The second-order valence-electron chi connectivity index (χ2n) is 2.78. The number of rotatable bonds is 4. The molecule has 14 heavy (non-hydrogen) atoms. The smallest absolute Gasteiger partial charge is 0.336 e. The molecule has 3 nitrogen and oxygen atoms in total. The fourth-order valence-corrected chi connectivity index (χ4v) is 1.78. The molecule has 0 saturated carbocycles. The SMILES string of the molecule is CCSCc1ccc(O)cc1C(=O)O. The standard InChI is InChI=1S/C10H12O3S/c1-2-14-6-7-3-4-8(11)5-9(7)10(12)13/h3-5,11H,2,6H2,1H3,(H,12,13). The van der Waals surface area contributed by atoms with Gasteiger partial charge in [-0.15, -0.1) is 0 Å². The van der Waals surface area contributed by atoms with Crippen LogP contribution in [-0.4, -0.2) is 21.9 Å². The summed E-state index contributed by atoms with van der Waals surface area (Å²) in [5, 5.41) is 18.0. The third-order valence-corrected chi connectivity index (χ3v) is 2.71. The lowest BCUT2D eigenvalue weighted by atomic mass is 10.1. The predicted molar refractivity (Wildman–Crippen MR) is 56.9 cm³/mol. The molecule has 4 heteroatoms. The minimum atomic E-state index is -0.993. The van der Waals surface area contributed by atoms with Gasteiger partial charge in [0.25, 0.3) is 0 Å². The zero-order valence-corrected chi connectivity index (χ0v) is 8.67. The second-order valence-corrected chi connectivity index (χ2v) is 4.06. The summed E-state index contributed by atoms with van der Waals surface area (Å²) in [5.74, 6) is 0.610. The van der Waals surface area contributed by atoms with E-state index >= 15 is 0 Å². The van der Waals surface area contributed by atoms with Gasteiger partial charge in [-0.1, -0.05) is 13.0 Å². The molecule has 0 amide bonds. The molecule has 0 atom stereocenters. The van der Waals surface area contributed by atoms with Crippen molar-refractivity contribution in [2.24, 2.45) is 0 Å². The van der Waals surface area contributed by atoms with Gasteiger partial charge in [-0.05, 0) is 23.4 Å². The van der Waals surface area contributed by atoms with Crippen LogP contribution >= 0.6 is 11.8 Å². The first-order valence-electron chi connectivity index (χ1n) is 4.28. The van der Waals surface area contributed by atoms with Crippen LogP contribution in [0.2, 0.25) is 0 Å². The summed E-state index contributed by atoms with van der Waals surface area (Å²) < 4.78 is 0. The lowest BCUT2D eigenvalue weighted by Crippen LogP contribution is -2.01. The lowest BCUT2D eigenvalue weighted by molar-refractivity contribution is 0.0695. The molecule has 0 unspecified atom stereocenters. The second kappa shape index (κ2) is 4.91. The maximum atomic E-state index is 10.8. The van der Waals surface area contributed by atoms with E-state index in [4.69, 9.17) is 10.2 Å². The van der Waals surface area contributed by atoms with Crippen molar-refractivity contribution in [1.29, 1.82) is 0 Å². The van der Waals surface area contributed by atoms with Crippen molar-refractivity contribution >= 4 is 17.7 Å². The Kier molecular flexibility index (Phi) is 3.83. The molecule has 0 bridgehead atoms. The summed E-state index contributed by atoms with van der Waals surface area (Å²) >= 11 is 1.65. The van der Waals surface area contributed by atoms with E-state index in [2.05, 4.69) is 0 Å². The highest BCUT2D eigenvalue weighted by Crippen LogP contribution is 2.21. The number of carboxylic acids is 1. The van der Waals surface area contributed by atoms with Crippen molar-refractivity contribution in [3.63, 3.8) is 0 Å². The van der Waals surface area contributed by atoms with Gasteiger partial charge < -0.3 is 10.2 Å². The van der Waals surface area contributed by atoms with E-state index in [1.807, 2.05) is 6.92 Å². The predicted octanol–water partition coefficient (Wildman–Crippen LogP) is 2.34. The van der Waals surface area contributed by atoms with E-state index in [1.54, 1.807) is 17.8 Å². The number of hydrogen-bond acceptors (Lipinski definition) is 3. The van der Waals surface area contributed by atoms with Crippen LogP contribution in [0.25, 0.3) is 0 Å². The molecule has 0 heterocycles. The number of phenolic OH excluding ortho intramolecular Hbond substituents is 1. The Balaban J connectivity index is 2.96. The highest BCUT2D eigenvalue weighted by molar-refractivity contribution is 7.98. The Hall–Kier alpha value is -1.16. The lowest BCUT2D eigenvalue weighted by Gasteiger charge is -2.05.